The summed E-state index contributed by atoms with van der Waals surface area (Å²) in [4.78, 5) is 29.0. The molecule has 4 rings (SSSR count). The van der Waals surface area contributed by atoms with Crippen LogP contribution in [0.1, 0.15) is 48.1 Å². The first-order valence-corrected chi connectivity index (χ1v) is 13.9. The van der Waals surface area contributed by atoms with Gasteiger partial charge in [-0.2, -0.15) is 0 Å². The minimum atomic E-state index is -1.00. The number of hydrogen-bond acceptors (Lipinski definition) is 7. The van der Waals surface area contributed by atoms with Crippen LogP contribution in [0.2, 0.25) is 0 Å². The van der Waals surface area contributed by atoms with Crippen molar-refractivity contribution in [1.82, 2.24) is 10.3 Å². The van der Waals surface area contributed by atoms with Gasteiger partial charge in [0, 0.05) is 35.7 Å². The van der Waals surface area contributed by atoms with Crippen molar-refractivity contribution in [1.29, 1.82) is 0 Å². The second-order valence-electron chi connectivity index (χ2n) is 10.3. The van der Waals surface area contributed by atoms with Crippen LogP contribution in [0.25, 0.3) is 11.5 Å². The van der Waals surface area contributed by atoms with Crippen molar-refractivity contribution in [3.05, 3.63) is 113 Å². The van der Waals surface area contributed by atoms with E-state index in [1.165, 1.54) is 6.08 Å². The van der Waals surface area contributed by atoms with Crippen molar-refractivity contribution in [3.8, 4) is 23.0 Å². The molecule has 0 radical (unpaired) electrons. The molecule has 3 aromatic carbocycles. The predicted molar refractivity (Wildman–Crippen MR) is 161 cm³/mol. The Balaban J connectivity index is 1.29. The zero-order valence-electron chi connectivity index (χ0n) is 24.3. The van der Waals surface area contributed by atoms with Gasteiger partial charge in [-0.05, 0) is 69.7 Å². The highest BCUT2D eigenvalue weighted by molar-refractivity contribution is 6.04. The molecule has 218 valence electrons. The smallest absolute Gasteiger partial charge is 0.326 e. The molecule has 0 aliphatic rings. The molecule has 1 atom stereocenters. The van der Waals surface area contributed by atoms with Crippen molar-refractivity contribution in [3.63, 3.8) is 0 Å². The normalized spacial score (nSPS) is 12.2. The molecule has 4 aromatic rings. The molecule has 8 heteroatoms. The lowest BCUT2D eigenvalue weighted by molar-refractivity contribution is -0.139. The fourth-order valence-electron chi connectivity index (χ4n) is 4.35. The maximum absolute atomic E-state index is 12.4. The third-order valence-corrected chi connectivity index (χ3v) is 6.44. The molecule has 8 nitrogen and oxygen atoms in total. The van der Waals surface area contributed by atoms with Crippen LogP contribution in [0.5, 0.6) is 11.5 Å². The van der Waals surface area contributed by atoms with E-state index in [-0.39, 0.29) is 18.3 Å². The number of aromatic nitrogens is 1. The number of ketones is 1. The van der Waals surface area contributed by atoms with Crippen molar-refractivity contribution in [2.75, 3.05) is 6.61 Å². The molecule has 0 saturated carbocycles. The Morgan fingerprint density at radius 3 is 2.29 bits per heavy atom. The highest BCUT2D eigenvalue weighted by Crippen LogP contribution is 2.25. The summed E-state index contributed by atoms with van der Waals surface area (Å²) in [6.45, 7) is 7.95. The van der Waals surface area contributed by atoms with Gasteiger partial charge in [-0.25, -0.2) is 9.78 Å². The SMILES string of the molecule is C/C(=C/C(=O)c1ccccc1)N[C@@H](Cc1ccc(OCCc2nc(-c3ccc(OC(C)C)cc3)oc2C)cc1)C(=O)O. The van der Waals surface area contributed by atoms with Gasteiger partial charge in [-0.1, -0.05) is 42.5 Å². The van der Waals surface area contributed by atoms with Crippen LogP contribution in [0.15, 0.2) is 95.1 Å². The molecular formula is C34H36N2O6. The number of hydrogen-bond donors (Lipinski definition) is 2. The van der Waals surface area contributed by atoms with Gasteiger partial charge in [-0.15, -0.1) is 0 Å². The van der Waals surface area contributed by atoms with E-state index in [4.69, 9.17) is 13.9 Å². The standard InChI is InChI=1S/C34H36N2O6/c1-22(2)41-29-16-12-27(13-17-29)33-36-30(24(4)42-33)18-19-40-28-14-10-25(11-15-28)21-31(34(38)39)35-23(3)20-32(37)26-8-6-5-7-9-26/h5-17,20,22,31,35H,18-19,21H2,1-4H3,(H,38,39)/b23-20-/t31-/m0/s1. The lowest BCUT2D eigenvalue weighted by Crippen LogP contribution is -2.37. The second-order valence-corrected chi connectivity index (χ2v) is 10.3. The molecule has 0 fully saturated rings. The number of aryl methyl sites for hydroxylation is 1. The summed E-state index contributed by atoms with van der Waals surface area (Å²) in [6, 6.07) is 22.9. The summed E-state index contributed by atoms with van der Waals surface area (Å²) >= 11 is 0. The number of carboxylic acid groups (broad SMARTS) is 1. The number of ether oxygens (including phenoxy) is 2. The molecule has 0 spiro atoms. The van der Waals surface area contributed by atoms with Crippen LogP contribution in [0, 0.1) is 6.92 Å². The van der Waals surface area contributed by atoms with Gasteiger partial charge in [0.05, 0.1) is 18.4 Å². The molecule has 0 bridgehead atoms. The first-order chi connectivity index (χ1) is 20.2. The fourth-order valence-corrected chi connectivity index (χ4v) is 4.35. The van der Waals surface area contributed by atoms with Crippen LogP contribution in [0.3, 0.4) is 0 Å². The molecule has 1 aromatic heterocycles. The predicted octanol–water partition coefficient (Wildman–Crippen LogP) is 6.43. The van der Waals surface area contributed by atoms with Crippen LogP contribution in [-0.4, -0.2) is 40.6 Å². The van der Waals surface area contributed by atoms with E-state index >= 15 is 0 Å². The Morgan fingerprint density at radius 1 is 0.976 bits per heavy atom. The monoisotopic (exact) mass is 568 g/mol. The van der Waals surface area contributed by atoms with Crippen LogP contribution in [0.4, 0.5) is 0 Å². The van der Waals surface area contributed by atoms with E-state index in [1.54, 1.807) is 31.2 Å². The summed E-state index contributed by atoms with van der Waals surface area (Å²) in [6.07, 6.45) is 2.34. The first-order valence-electron chi connectivity index (χ1n) is 13.9. The van der Waals surface area contributed by atoms with E-state index in [2.05, 4.69) is 10.3 Å². The van der Waals surface area contributed by atoms with E-state index in [9.17, 15) is 14.7 Å². The van der Waals surface area contributed by atoms with Crippen LogP contribution in [-0.2, 0) is 17.6 Å². The summed E-state index contributed by atoms with van der Waals surface area (Å²) < 4.78 is 17.5. The number of carboxylic acids is 1. The molecule has 2 N–H and O–H groups in total. The van der Waals surface area contributed by atoms with Crippen molar-refractivity contribution in [2.45, 2.75) is 52.7 Å². The first kappa shape index (κ1) is 30.1. The number of aliphatic carboxylic acids is 1. The number of rotatable bonds is 14. The Bertz CT molecular complexity index is 1510. The van der Waals surface area contributed by atoms with Crippen molar-refractivity contribution in [2.24, 2.45) is 0 Å². The highest BCUT2D eigenvalue weighted by Gasteiger charge is 2.18. The Morgan fingerprint density at radius 2 is 1.64 bits per heavy atom. The van der Waals surface area contributed by atoms with Crippen molar-refractivity contribution < 1.29 is 28.6 Å². The molecule has 0 unspecified atom stereocenters. The van der Waals surface area contributed by atoms with Crippen LogP contribution < -0.4 is 14.8 Å². The highest BCUT2D eigenvalue weighted by atomic mass is 16.5. The lowest BCUT2D eigenvalue weighted by atomic mass is 10.1. The maximum Gasteiger partial charge on any atom is 0.326 e. The Kier molecular flexibility index (Phi) is 10.2. The number of carbonyl (C=O) groups is 2. The Labute approximate surface area is 246 Å². The number of carbonyl (C=O) groups excluding carboxylic acids is 1. The average Bonchev–Trinajstić information content (AvgIpc) is 3.34. The molecular weight excluding hydrogens is 532 g/mol. The second kappa shape index (κ2) is 14.2. The molecule has 0 aliphatic carbocycles. The summed E-state index contributed by atoms with van der Waals surface area (Å²) in [5.41, 5.74) is 3.56. The molecule has 0 saturated heterocycles. The zero-order valence-corrected chi connectivity index (χ0v) is 24.3. The third kappa shape index (κ3) is 8.57. The van der Waals surface area contributed by atoms with Gasteiger partial charge in [0.25, 0.3) is 0 Å². The van der Waals surface area contributed by atoms with Gasteiger partial charge in [-0.3, -0.25) is 4.79 Å². The molecule has 42 heavy (non-hydrogen) atoms. The minimum Gasteiger partial charge on any atom is -0.493 e. The fraction of sp³-hybridized carbons (Fsp3) is 0.265. The third-order valence-electron chi connectivity index (χ3n) is 6.44. The van der Waals surface area contributed by atoms with Gasteiger partial charge in [0.15, 0.2) is 5.78 Å². The number of benzene rings is 3. The minimum absolute atomic E-state index is 0.108. The quantitative estimate of drug-likeness (QED) is 0.132. The Hall–Kier alpha value is -4.85. The molecule has 0 amide bonds. The van der Waals surface area contributed by atoms with E-state index in [0.717, 1.165) is 28.3 Å². The zero-order chi connectivity index (χ0) is 30.1. The van der Waals surface area contributed by atoms with Gasteiger partial charge < -0.3 is 24.3 Å². The van der Waals surface area contributed by atoms with Gasteiger partial charge in [0.2, 0.25) is 5.89 Å². The summed E-state index contributed by atoms with van der Waals surface area (Å²) in [7, 11) is 0. The number of nitrogens with one attached hydrogen (secondary N) is 1. The van der Waals surface area contributed by atoms with E-state index < -0.39 is 12.0 Å². The molecule has 1 heterocycles. The summed E-state index contributed by atoms with van der Waals surface area (Å²) in [5, 5.41) is 12.7. The van der Waals surface area contributed by atoms with Crippen LogP contribution >= 0.6 is 0 Å². The average molecular weight is 569 g/mol. The summed E-state index contributed by atoms with van der Waals surface area (Å²) in [5.74, 6) is 1.58. The van der Waals surface area contributed by atoms with E-state index in [0.29, 0.717) is 35.9 Å². The van der Waals surface area contributed by atoms with Gasteiger partial charge in [0.1, 0.15) is 23.3 Å². The van der Waals surface area contributed by atoms with E-state index in [1.807, 2.05) is 75.4 Å². The maximum atomic E-state index is 12.4. The number of oxazole rings is 1. The number of nitrogens with zero attached hydrogens (tertiary/aromatic N) is 1. The number of allylic oxidation sites excluding steroid dienone is 2. The van der Waals surface area contributed by atoms with Gasteiger partial charge >= 0.3 is 5.97 Å². The largest absolute Gasteiger partial charge is 0.493 e. The van der Waals surface area contributed by atoms with Crippen molar-refractivity contribution >= 4 is 11.8 Å². The topological polar surface area (TPSA) is 111 Å². The molecule has 0 aliphatic heterocycles. The lowest BCUT2D eigenvalue weighted by Gasteiger charge is -2.16.